The molecule has 0 saturated heterocycles. The molecule has 0 N–H and O–H groups in total. The van der Waals surface area contributed by atoms with Gasteiger partial charge in [0.25, 0.3) is 0 Å². The highest BCUT2D eigenvalue weighted by atomic mass is 15.1. The van der Waals surface area contributed by atoms with Gasteiger partial charge in [0.1, 0.15) is 11.4 Å². The first-order chi connectivity index (χ1) is 57.8. The predicted octanol–water partition coefficient (Wildman–Crippen LogP) is 27.9. The van der Waals surface area contributed by atoms with Crippen LogP contribution < -0.4 is 0 Å². The van der Waals surface area contributed by atoms with E-state index in [1.54, 1.807) is 0 Å². The van der Waals surface area contributed by atoms with Crippen LogP contribution in [0.25, 0.3) is 220 Å². The Labute approximate surface area is 672 Å². The second kappa shape index (κ2) is 24.9. The molecule has 0 unspecified atom stereocenters. The van der Waals surface area contributed by atoms with Gasteiger partial charge in [0.15, 0.2) is 11.6 Å². The zero-order chi connectivity index (χ0) is 76.9. The molecule has 2 aliphatic carbocycles. The summed E-state index contributed by atoms with van der Waals surface area (Å²) in [4.78, 5) is 21.9. The average molecular weight is 1490 g/mol. The van der Waals surface area contributed by atoms with Crippen molar-refractivity contribution < 1.29 is 0 Å². The van der Waals surface area contributed by atoms with E-state index in [2.05, 4.69) is 384 Å². The van der Waals surface area contributed by atoms with Crippen molar-refractivity contribution in [1.82, 2.24) is 38.2 Å². The Morgan fingerprint density at radius 3 is 1.23 bits per heavy atom. The Morgan fingerprint density at radius 2 is 0.675 bits per heavy atom. The van der Waals surface area contributed by atoms with E-state index in [1.165, 1.54) is 153 Å². The van der Waals surface area contributed by atoms with E-state index in [4.69, 9.17) is 19.9 Å². The molecule has 117 heavy (non-hydrogen) atoms. The molecule has 8 nitrogen and oxygen atoms in total. The fourth-order valence-corrected chi connectivity index (χ4v) is 20.2. The lowest BCUT2D eigenvalue weighted by Gasteiger charge is -2.22. The number of rotatable bonds is 6. The Hall–Kier alpha value is -15.1. The number of benzene rings is 18. The molecule has 0 saturated carbocycles. The number of aryl methyl sites for hydroxylation is 1. The molecule has 26 rings (SSSR count). The number of nitrogens with zero attached hydrogens (tertiary/aromatic N) is 8. The second-order valence-corrected chi connectivity index (χ2v) is 32.3. The smallest absolute Gasteiger partial charge is 0.165 e. The van der Waals surface area contributed by atoms with Gasteiger partial charge in [-0.2, -0.15) is 0 Å². The largest absolute Gasteiger partial charge is 0.309 e. The monoisotopic (exact) mass is 1490 g/mol. The third kappa shape index (κ3) is 9.76. The van der Waals surface area contributed by atoms with Gasteiger partial charge >= 0.3 is 0 Å². The first kappa shape index (κ1) is 65.4. The minimum atomic E-state index is -0.140. The van der Waals surface area contributed by atoms with E-state index in [0.29, 0.717) is 0 Å². The zero-order valence-electron chi connectivity index (χ0n) is 64.1. The van der Waals surface area contributed by atoms with Crippen LogP contribution in [0.1, 0.15) is 48.2 Å². The molecule has 0 bridgehead atoms. The third-order valence-electron chi connectivity index (χ3n) is 25.6. The molecule has 0 spiro atoms. The van der Waals surface area contributed by atoms with E-state index in [1.807, 2.05) is 12.1 Å². The summed E-state index contributed by atoms with van der Waals surface area (Å²) in [5.74, 6) is 1.69. The van der Waals surface area contributed by atoms with Crippen LogP contribution in [0.5, 0.6) is 0 Å². The molecule has 0 amide bonds. The Kier molecular flexibility index (Phi) is 13.9. The zero-order valence-corrected chi connectivity index (χ0v) is 64.1. The Morgan fingerprint density at radius 1 is 0.256 bits per heavy atom. The summed E-state index contributed by atoms with van der Waals surface area (Å²) in [7, 11) is 0. The van der Waals surface area contributed by atoms with Crippen molar-refractivity contribution in [2.45, 2.75) is 32.1 Å². The van der Waals surface area contributed by atoms with Crippen molar-refractivity contribution in [3.05, 3.63) is 386 Å². The van der Waals surface area contributed by atoms with Crippen LogP contribution in [-0.4, -0.2) is 38.2 Å². The van der Waals surface area contributed by atoms with Gasteiger partial charge < -0.3 is 9.13 Å². The quantitative estimate of drug-likeness (QED) is 0.166. The van der Waals surface area contributed by atoms with Gasteiger partial charge in [0, 0.05) is 65.4 Å². The normalized spacial score (nSPS) is 13.3. The molecule has 0 atom stereocenters. The molecule has 0 aliphatic heterocycles. The Balaban J connectivity index is 0.000000131. The second-order valence-electron chi connectivity index (χ2n) is 32.3. The maximum absolute atomic E-state index is 5.50. The van der Waals surface area contributed by atoms with Crippen molar-refractivity contribution in [3.8, 4) is 45.4 Å². The molecular formula is C109H70N8. The molecule has 6 aromatic heterocycles. The van der Waals surface area contributed by atoms with Crippen LogP contribution in [0.3, 0.4) is 0 Å². The fourth-order valence-electron chi connectivity index (χ4n) is 20.2. The molecule has 2 aliphatic rings. The summed E-state index contributed by atoms with van der Waals surface area (Å²) >= 11 is 0. The molecule has 8 heteroatoms. The van der Waals surface area contributed by atoms with Crippen LogP contribution in [0.2, 0.25) is 0 Å². The maximum atomic E-state index is 5.50. The number of allylic oxidation sites excluding steroid dienone is 1. The summed E-state index contributed by atoms with van der Waals surface area (Å²) in [5, 5.41) is 22.2. The lowest BCUT2D eigenvalue weighted by Crippen LogP contribution is -2.15. The van der Waals surface area contributed by atoms with E-state index < -0.39 is 0 Å². The van der Waals surface area contributed by atoms with Gasteiger partial charge in [0.05, 0.1) is 66.2 Å². The maximum Gasteiger partial charge on any atom is 0.165 e. The molecule has 24 aromatic rings. The van der Waals surface area contributed by atoms with Crippen LogP contribution in [0, 0.1) is 0 Å². The minimum Gasteiger partial charge on any atom is -0.309 e. The van der Waals surface area contributed by atoms with Crippen molar-refractivity contribution in [2.24, 2.45) is 0 Å². The van der Waals surface area contributed by atoms with Crippen LogP contribution in [0.4, 0.5) is 0 Å². The first-order valence-electron chi connectivity index (χ1n) is 40.5. The highest BCUT2D eigenvalue weighted by Gasteiger charge is 2.36. The van der Waals surface area contributed by atoms with Crippen LogP contribution in [0.15, 0.2) is 358 Å². The predicted molar refractivity (Wildman–Crippen MR) is 490 cm³/mol. The molecule has 0 fully saturated rings. The van der Waals surface area contributed by atoms with Gasteiger partial charge in [-0.1, -0.05) is 257 Å². The van der Waals surface area contributed by atoms with E-state index in [0.717, 1.165) is 102 Å². The summed E-state index contributed by atoms with van der Waals surface area (Å²) < 4.78 is 9.58. The Bertz CT molecular complexity index is 8510. The van der Waals surface area contributed by atoms with Crippen molar-refractivity contribution >= 4 is 175 Å². The van der Waals surface area contributed by atoms with Crippen molar-refractivity contribution in [2.75, 3.05) is 0 Å². The molecule has 18 aromatic carbocycles. The van der Waals surface area contributed by atoms with Gasteiger partial charge in [-0.3, -0.25) is 9.13 Å². The lowest BCUT2D eigenvalue weighted by atomic mass is 9.82. The molecular weight excluding hydrogens is 1420 g/mol. The SMILES string of the molecule is C1=C(c2nc3ccccc3nc2-n2c3ccccc3c3cc4ccc(-n5c6ccccc6c6c7ccccc7ccc65)cc4cc32)CCc2ccc3ccccc3c21.CC1(C)c2ccccc2-c2ccc(-c3nc4ccccc4nc3-n3c4ccccc4c4cc5ccc(-n6c7ccccc7c7c8ccccc8ccc76)cc5cc43)cc21. The number of fused-ring (bicyclic) bond motifs is 26. The summed E-state index contributed by atoms with van der Waals surface area (Å²) in [6.07, 6.45) is 4.23. The number of aromatic nitrogens is 8. The summed E-state index contributed by atoms with van der Waals surface area (Å²) in [6, 6.07) is 130. The molecule has 6 heterocycles. The highest BCUT2D eigenvalue weighted by Crippen LogP contribution is 2.51. The van der Waals surface area contributed by atoms with Crippen molar-refractivity contribution in [1.29, 1.82) is 0 Å². The van der Waals surface area contributed by atoms with Crippen molar-refractivity contribution in [3.63, 3.8) is 0 Å². The number of hydrogen-bond donors (Lipinski definition) is 0. The summed E-state index contributed by atoms with van der Waals surface area (Å²) in [5.41, 5.74) is 27.0. The van der Waals surface area contributed by atoms with E-state index in [9.17, 15) is 0 Å². The van der Waals surface area contributed by atoms with E-state index >= 15 is 0 Å². The topological polar surface area (TPSA) is 71.3 Å². The number of hydrogen-bond acceptors (Lipinski definition) is 4. The minimum absolute atomic E-state index is 0.140. The van der Waals surface area contributed by atoms with Crippen LogP contribution >= 0.6 is 0 Å². The third-order valence-corrected chi connectivity index (χ3v) is 25.6. The standard InChI is InChI=1S/C55H36N4.C54H34N4/c1-55(2)44-18-8-5-15-39(44)40-27-24-35(31-45(40)55)53-54(57-47-20-10-9-19-46(47)56-53)59-48-21-11-6-16-41(48)43-30-34-23-26-37(29-36(34)32-51(43)59)58-49-22-12-7-17-42(49)52-38-14-4-3-13-33(38)25-28-50(52)58;1-3-13-40-33(11-1)21-22-35-23-24-37(31-44(35)40)53-54(56-47-18-8-7-17-46(47)55-53)58-48-19-9-5-15-42(48)45-30-36-25-27-39(29-38(36)32-51(45)58)57-49-20-10-6-16-43(49)52-41-14-4-2-12-34(41)26-28-50(52)57/h3-32H,1-2H3;1-22,25-32H,23-24H2. The van der Waals surface area contributed by atoms with E-state index in [-0.39, 0.29) is 5.41 Å². The molecule has 0 radical (unpaired) electrons. The number of para-hydroxylation sites is 8. The van der Waals surface area contributed by atoms with Gasteiger partial charge in [-0.25, -0.2) is 19.9 Å². The summed E-state index contributed by atoms with van der Waals surface area (Å²) in [6.45, 7) is 4.67. The average Bonchev–Trinajstić information content (AvgIpc) is 1.62. The van der Waals surface area contributed by atoms with Gasteiger partial charge in [-0.15, -0.1) is 0 Å². The van der Waals surface area contributed by atoms with Crippen LogP contribution in [-0.2, 0) is 11.8 Å². The fraction of sp³-hybridized carbons (Fsp3) is 0.0459. The van der Waals surface area contributed by atoms with Gasteiger partial charge in [0.2, 0.25) is 0 Å². The first-order valence-corrected chi connectivity index (χ1v) is 40.5. The lowest BCUT2D eigenvalue weighted by molar-refractivity contribution is 0.660. The highest BCUT2D eigenvalue weighted by molar-refractivity contribution is 6.24. The van der Waals surface area contributed by atoms with Gasteiger partial charge in [-0.05, 0) is 227 Å². The molecule has 546 valence electrons.